The standard InChI is InChI=1S/C21H20N2O3S2/c24-19(13-26-20(25)16-10-11-27-14-16)23(12-15-6-2-1-3-7-15)21-22-17-8-4-5-9-18(17)28-21/h1-3,6-7,10-11,14H,4-5,8-9,12-13H2. The van der Waals surface area contributed by atoms with E-state index >= 15 is 0 Å². The van der Waals surface area contributed by atoms with Crippen LogP contribution in [0.3, 0.4) is 0 Å². The van der Waals surface area contributed by atoms with Crippen molar-refractivity contribution in [3.05, 3.63) is 68.9 Å². The Kier molecular flexibility index (Phi) is 5.83. The van der Waals surface area contributed by atoms with Crippen LogP contribution >= 0.6 is 22.7 Å². The summed E-state index contributed by atoms with van der Waals surface area (Å²) in [6.07, 6.45) is 4.29. The van der Waals surface area contributed by atoms with E-state index in [-0.39, 0.29) is 12.5 Å². The second kappa shape index (κ2) is 8.67. The molecule has 2 heterocycles. The lowest BCUT2D eigenvalue weighted by Gasteiger charge is -2.20. The fraction of sp³-hybridized carbons (Fsp3) is 0.286. The number of hydrogen-bond acceptors (Lipinski definition) is 6. The average Bonchev–Trinajstić information content (AvgIpc) is 3.40. The molecule has 7 heteroatoms. The minimum atomic E-state index is -0.479. The first-order chi connectivity index (χ1) is 13.7. The fourth-order valence-corrected chi connectivity index (χ4v) is 4.94. The van der Waals surface area contributed by atoms with Gasteiger partial charge in [0.05, 0.1) is 17.8 Å². The predicted molar refractivity (Wildman–Crippen MR) is 111 cm³/mol. The minimum Gasteiger partial charge on any atom is -0.452 e. The van der Waals surface area contributed by atoms with Crippen LogP contribution in [0.15, 0.2) is 47.2 Å². The molecule has 0 saturated heterocycles. The molecule has 2 aromatic heterocycles. The molecule has 3 aromatic rings. The Bertz CT molecular complexity index is 928. The summed E-state index contributed by atoms with van der Waals surface area (Å²) in [4.78, 5) is 32.7. The highest BCUT2D eigenvalue weighted by atomic mass is 32.1. The lowest BCUT2D eigenvalue weighted by molar-refractivity contribution is -0.121. The highest BCUT2D eigenvalue weighted by Gasteiger charge is 2.24. The molecule has 1 amide bonds. The van der Waals surface area contributed by atoms with Gasteiger partial charge >= 0.3 is 5.97 Å². The molecule has 4 rings (SSSR count). The third-order valence-corrected chi connectivity index (χ3v) is 6.50. The van der Waals surface area contributed by atoms with Gasteiger partial charge in [-0.25, -0.2) is 9.78 Å². The molecule has 0 N–H and O–H groups in total. The van der Waals surface area contributed by atoms with E-state index in [1.165, 1.54) is 22.6 Å². The molecule has 0 unspecified atom stereocenters. The van der Waals surface area contributed by atoms with Crippen LogP contribution in [0.4, 0.5) is 5.13 Å². The van der Waals surface area contributed by atoms with Crippen LogP contribution in [0.2, 0.25) is 0 Å². The fourth-order valence-electron chi connectivity index (χ4n) is 3.15. The summed E-state index contributed by atoms with van der Waals surface area (Å²) in [5, 5.41) is 4.20. The van der Waals surface area contributed by atoms with Gasteiger partial charge in [-0.3, -0.25) is 9.69 Å². The number of aryl methyl sites for hydroxylation is 2. The van der Waals surface area contributed by atoms with Crippen LogP contribution < -0.4 is 4.90 Å². The van der Waals surface area contributed by atoms with Crippen LogP contribution in [0.1, 0.15) is 39.3 Å². The predicted octanol–water partition coefficient (Wildman–Crippen LogP) is 4.47. The molecular weight excluding hydrogens is 392 g/mol. The highest BCUT2D eigenvalue weighted by Crippen LogP contribution is 2.32. The number of thiophene rings is 1. The third kappa shape index (κ3) is 4.31. The van der Waals surface area contributed by atoms with E-state index in [0.29, 0.717) is 17.2 Å². The van der Waals surface area contributed by atoms with Crippen LogP contribution in [0, 0.1) is 0 Å². The number of aromatic nitrogens is 1. The number of rotatable bonds is 6. The summed E-state index contributed by atoms with van der Waals surface area (Å²) >= 11 is 3.00. The number of carbonyl (C=O) groups excluding carboxylic acids is 2. The Labute approximate surface area is 171 Å². The zero-order chi connectivity index (χ0) is 19.3. The van der Waals surface area contributed by atoms with E-state index < -0.39 is 5.97 Å². The first kappa shape index (κ1) is 18.8. The van der Waals surface area contributed by atoms with Crippen molar-refractivity contribution in [1.29, 1.82) is 0 Å². The SMILES string of the molecule is O=C(OCC(=O)N(Cc1ccccc1)c1nc2c(s1)CCCC2)c1ccsc1. The van der Waals surface area contributed by atoms with Crippen molar-refractivity contribution < 1.29 is 14.3 Å². The van der Waals surface area contributed by atoms with Crippen LogP contribution in [-0.2, 0) is 28.9 Å². The number of nitrogens with zero attached hydrogens (tertiary/aromatic N) is 2. The van der Waals surface area contributed by atoms with Gasteiger partial charge in [0.2, 0.25) is 0 Å². The number of amides is 1. The Morgan fingerprint density at radius 1 is 1.11 bits per heavy atom. The number of ether oxygens (including phenoxy) is 1. The van der Waals surface area contributed by atoms with Gasteiger partial charge in [-0.15, -0.1) is 11.3 Å². The molecule has 0 atom stereocenters. The van der Waals surface area contributed by atoms with Gasteiger partial charge in [0.25, 0.3) is 5.91 Å². The van der Waals surface area contributed by atoms with Crippen molar-refractivity contribution in [2.75, 3.05) is 11.5 Å². The Balaban J connectivity index is 1.52. The maximum absolute atomic E-state index is 13.0. The molecule has 1 aliphatic carbocycles. The molecule has 1 aliphatic rings. The van der Waals surface area contributed by atoms with Crippen LogP contribution in [0.5, 0.6) is 0 Å². The Morgan fingerprint density at radius 2 is 1.93 bits per heavy atom. The van der Waals surface area contributed by atoms with E-state index in [1.54, 1.807) is 33.1 Å². The summed E-state index contributed by atoms with van der Waals surface area (Å²) in [7, 11) is 0. The maximum atomic E-state index is 13.0. The summed E-state index contributed by atoms with van der Waals surface area (Å²) in [6.45, 7) is 0.105. The van der Waals surface area contributed by atoms with E-state index in [9.17, 15) is 9.59 Å². The van der Waals surface area contributed by atoms with Crippen molar-refractivity contribution in [3.63, 3.8) is 0 Å². The quantitative estimate of drug-likeness (QED) is 0.561. The lowest BCUT2D eigenvalue weighted by atomic mass is 10.0. The largest absolute Gasteiger partial charge is 0.452 e. The van der Waals surface area contributed by atoms with Gasteiger partial charge in [-0.2, -0.15) is 11.3 Å². The number of esters is 1. The molecule has 0 aliphatic heterocycles. The summed E-state index contributed by atoms with van der Waals surface area (Å²) < 4.78 is 5.24. The van der Waals surface area contributed by atoms with Crippen molar-refractivity contribution in [3.8, 4) is 0 Å². The van der Waals surface area contributed by atoms with Crippen LogP contribution in [-0.4, -0.2) is 23.5 Å². The molecule has 1 aromatic carbocycles. The summed E-state index contributed by atoms with van der Waals surface area (Å²) in [6, 6.07) is 11.5. The molecule has 0 saturated carbocycles. The maximum Gasteiger partial charge on any atom is 0.339 e. The number of thiazole rings is 1. The zero-order valence-corrected chi connectivity index (χ0v) is 16.9. The van der Waals surface area contributed by atoms with E-state index in [1.807, 2.05) is 30.3 Å². The number of anilines is 1. The topological polar surface area (TPSA) is 59.5 Å². The van der Waals surface area contributed by atoms with Gasteiger partial charge in [0, 0.05) is 10.3 Å². The van der Waals surface area contributed by atoms with Gasteiger partial charge < -0.3 is 4.74 Å². The molecule has 5 nitrogen and oxygen atoms in total. The van der Waals surface area contributed by atoms with Gasteiger partial charge in [0.15, 0.2) is 11.7 Å². The molecule has 0 bridgehead atoms. The van der Waals surface area contributed by atoms with Gasteiger partial charge in [0.1, 0.15) is 0 Å². The zero-order valence-electron chi connectivity index (χ0n) is 15.3. The van der Waals surface area contributed by atoms with Crippen molar-refractivity contribution in [2.24, 2.45) is 0 Å². The van der Waals surface area contributed by atoms with Gasteiger partial charge in [-0.05, 0) is 42.7 Å². The first-order valence-electron chi connectivity index (χ1n) is 9.23. The highest BCUT2D eigenvalue weighted by molar-refractivity contribution is 7.16. The normalized spacial score (nSPS) is 13.0. The molecule has 0 fully saturated rings. The second-order valence-corrected chi connectivity index (χ2v) is 8.47. The van der Waals surface area contributed by atoms with E-state index in [4.69, 9.17) is 9.72 Å². The van der Waals surface area contributed by atoms with Crippen molar-refractivity contribution >= 4 is 39.7 Å². The summed E-state index contributed by atoms with van der Waals surface area (Å²) in [5.41, 5.74) is 2.58. The second-order valence-electron chi connectivity index (χ2n) is 6.63. The number of benzene rings is 1. The first-order valence-corrected chi connectivity index (χ1v) is 11.0. The van der Waals surface area contributed by atoms with Crippen LogP contribution in [0.25, 0.3) is 0 Å². The Hall–Kier alpha value is -2.51. The molecule has 28 heavy (non-hydrogen) atoms. The molecular formula is C21H20N2O3S2. The molecule has 0 radical (unpaired) electrons. The molecule has 144 valence electrons. The van der Waals surface area contributed by atoms with E-state index in [2.05, 4.69) is 0 Å². The minimum absolute atomic E-state index is 0.265. The van der Waals surface area contributed by atoms with Crippen molar-refractivity contribution in [2.45, 2.75) is 32.2 Å². The summed E-state index contributed by atoms with van der Waals surface area (Å²) in [5.74, 6) is -0.744. The number of fused-ring (bicyclic) bond motifs is 1. The monoisotopic (exact) mass is 412 g/mol. The third-order valence-electron chi connectivity index (χ3n) is 4.63. The average molecular weight is 413 g/mol. The molecule has 0 spiro atoms. The van der Waals surface area contributed by atoms with Crippen molar-refractivity contribution in [1.82, 2.24) is 4.98 Å². The van der Waals surface area contributed by atoms with E-state index in [0.717, 1.165) is 30.5 Å². The number of hydrogen-bond donors (Lipinski definition) is 0. The number of carbonyl (C=O) groups is 2. The lowest BCUT2D eigenvalue weighted by Crippen LogP contribution is -2.34. The Morgan fingerprint density at radius 3 is 2.68 bits per heavy atom. The smallest absolute Gasteiger partial charge is 0.339 e. The van der Waals surface area contributed by atoms with Gasteiger partial charge in [-0.1, -0.05) is 30.3 Å².